The van der Waals surface area contributed by atoms with E-state index < -0.39 is 5.60 Å². The molecule has 2 aliphatic heterocycles. The van der Waals surface area contributed by atoms with Crippen molar-refractivity contribution in [1.82, 2.24) is 14.7 Å². The van der Waals surface area contributed by atoms with Gasteiger partial charge in [-0.3, -0.25) is 4.79 Å². The van der Waals surface area contributed by atoms with Crippen LogP contribution in [-0.4, -0.2) is 85.2 Å². The van der Waals surface area contributed by atoms with Gasteiger partial charge >= 0.3 is 0 Å². The highest BCUT2D eigenvalue weighted by atomic mass is 16.3. The van der Waals surface area contributed by atoms with Crippen LogP contribution >= 0.6 is 0 Å². The molecule has 2 heterocycles. The van der Waals surface area contributed by atoms with Gasteiger partial charge in [0.25, 0.3) is 0 Å². The van der Waals surface area contributed by atoms with E-state index in [1.807, 2.05) is 23.9 Å². The molecule has 2 fully saturated rings. The van der Waals surface area contributed by atoms with Gasteiger partial charge in [-0.15, -0.1) is 0 Å². The third kappa shape index (κ3) is 3.32. The molecule has 0 spiro atoms. The smallest absolute Gasteiger partial charge is 0.229 e. The predicted octanol–water partition coefficient (Wildman–Crippen LogP) is 0.243. The highest BCUT2D eigenvalue weighted by Crippen LogP contribution is 2.33. The molecule has 0 bridgehead atoms. The Labute approximate surface area is 122 Å². The van der Waals surface area contributed by atoms with E-state index in [2.05, 4.69) is 18.9 Å². The van der Waals surface area contributed by atoms with Crippen molar-refractivity contribution in [2.24, 2.45) is 5.41 Å². The van der Waals surface area contributed by atoms with E-state index in [0.29, 0.717) is 26.1 Å². The van der Waals surface area contributed by atoms with E-state index in [1.165, 1.54) is 0 Å². The second-order valence-electron chi connectivity index (χ2n) is 7.34. The van der Waals surface area contributed by atoms with E-state index in [1.54, 1.807) is 0 Å². The molecule has 2 unspecified atom stereocenters. The summed E-state index contributed by atoms with van der Waals surface area (Å²) in [5.74, 6) is 0.221. The SMILES string of the molecule is CN(C)CC1(O)CCN(C(=O)C2(C)CCCN(C)C2)C1. The van der Waals surface area contributed by atoms with Gasteiger partial charge in [-0.2, -0.15) is 0 Å². The van der Waals surface area contributed by atoms with Gasteiger partial charge in [-0.1, -0.05) is 0 Å². The molecule has 0 aromatic heterocycles. The number of carbonyl (C=O) groups is 1. The number of β-amino-alcohol motifs (C(OH)–C–C–N with tert-alkyl or cyclic N) is 1. The van der Waals surface area contributed by atoms with Crippen LogP contribution in [0.15, 0.2) is 0 Å². The summed E-state index contributed by atoms with van der Waals surface area (Å²) >= 11 is 0. The number of likely N-dealkylation sites (tertiary alicyclic amines) is 2. The van der Waals surface area contributed by atoms with Gasteiger partial charge in [0.05, 0.1) is 17.6 Å². The summed E-state index contributed by atoms with van der Waals surface area (Å²) in [6, 6.07) is 0. The molecule has 2 atom stereocenters. The highest BCUT2D eigenvalue weighted by molar-refractivity contribution is 5.83. The zero-order chi connectivity index (χ0) is 15.0. The largest absolute Gasteiger partial charge is 0.387 e. The van der Waals surface area contributed by atoms with E-state index in [4.69, 9.17) is 0 Å². The topological polar surface area (TPSA) is 47.0 Å². The lowest BCUT2D eigenvalue weighted by Gasteiger charge is -2.40. The first-order valence-corrected chi connectivity index (χ1v) is 7.59. The van der Waals surface area contributed by atoms with Crippen LogP contribution < -0.4 is 0 Å². The maximum atomic E-state index is 12.8. The third-order valence-corrected chi connectivity index (χ3v) is 4.63. The number of hydrogen-bond donors (Lipinski definition) is 1. The number of nitrogens with zero attached hydrogens (tertiary/aromatic N) is 3. The van der Waals surface area contributed by atoms with Crippen molar-refractivity contribution in [3.05, 3.63) is 0 Å². The maximum absolute atomic E-state index is 12.8. The molecule has 2 aliphatic rings. The first-order valence-electron chi connectivity index (χ1n) is 7.59. The van der Waals surface area contributed by atoms with Gasteiger partial charge in [-0.25, -0.2) is 0 Å². The summed E-state index contributed by atoms with van der Waals surface area (Å²) < 4.78 is 0. The molecule has 1 amide bonds. The van der Waals surface area contributed by atoms with Gasteiger partial charge in [0.1, 0.15) is 0 Å². The zero-order valence-electron chi connectivity index (χ0n) is 13.4. The molecular weight excluding hydrogens is 254 g/mol. The summed E-state index contributed by atoms with van der Waals surface area (Å²) in [5.41, 5.74) is -1.02. The molecule has 5 heteroatoms. The van der Waals surface area contributed by atoms with E-state index >= 15 is 0 Å². The maximum Gasteiger partial charge on any atom is 0.229 e. The van der Waals surface area contributed by atoms with Crippen LogP contribution in [-0.2, 0) is 4.79 Å². The van der Waals surface area contributed by atoms with Crippen LogP contribution in [0.5, 0.6) is 0 Å². The minimum Gasteiger partial charge on any atom is -0.387 e. The molecule has 0 aliphatic carbocycles. The summed E-state index contributed by atoms with van der Waals surface area (Å²) in [6.07, 6.45) is 2.72. The zero-order valence-corrected chi connectivity index (χ0v) is 13.4. The van der Waals surface area contributed by atoms with Crippen LogP contribution in [0, 0.1) is 5.41 Å². The van der Waals surface area contributed by atoms with Gasteiger partial charge in [-0.05, 0) is 53.9 Å². The minimum atomic E-state index is -0.740. The van der Waals surface area contributed by atoms with E-state index in [0.717, 1.165) is 25.9 Å². The second-order valence-corrected chi connectivity index (χ2v) is 7.34. The number of amides is 1. The monoisotopic (exact) mass is 283 g/mol. The number of piperidine rings is 1. The van der Waals surface area contributed by atoms with E-state index in [9.17, 15) is 9.90 Å². The Bertz CT molecular complexity index is 374. The summed E-state index contributed by atoms with van der Waals surface area (Å²) in [4.78, 5) is 18.9. The second kappa shape index (κ2) is 5.62. The molecule has 0 aromatic rings. The first-order chi connectivity index (χ1) is 9.24. The summed E-state index contributed by atoms with van der Waals surface area (Å²) in [5, 5.41) is 10.6. The lowest BCUT2D eigenvalue weighted by molar-refractivity contribution is -0.144. The number of aliphatic hydroxyl groups is 1. The van der Waals surface area contributed by atoms with Crippen molar-refractivity contribution < 1.29 is 9.90 Å². The van der Waals surface area contributed by atoms with Gasteiger partial charge in [0.2, 0.25) is 5.91 Å². The normalized spacial score (nSPS) is 35.8. The average molecular weight is 283 g/mol. The van der Waals surface area contributed by atoms with Gasteiger partial charge in [0.15, 0.2) is 0 Å². The quantitative estimate of drug-likeness (QED) is 0.806. The summed E-state index contributed by atoms with van der Waals surface area (Å²) in [6.45, 7) is 5.76. The molecule has 0 aromatic carbocycles. The molecule has 2 saturated heterocycles. The fourth-order valence-corrected chi connectivity index (χ4v) is 3.80. The molecule has 5 nitrogen and oxygen atoms in total. The Morgan fingerprint density at radius 1 is 1.25 bits per heavy atom. The third-order valence-electron chi connectivity index (χ3n) is 4.63. The van der Waals surface area contributed by atoms with Crippen molar-refractivity contribution in [2.45, 2.75) is 31.8 Å². The minimum absolute atomic E-state index is 0.221. The van der Waals surface area contributed by atoms with E-state index in [-0.39, 0.29) is 11.3 Å². The molecule has 1 N–H and O–H groups in total. The van der Waals surface area contributed by atoms with Crippen molar-refractivity contribution in [3.8, 4) is 0 Å². The number of hydrogen-bond acceptors (Lipinski definition) is 4. The standard InChI is InChI=1S/C15H29N3O2/c1-14(6-5-8-17(4)10-14)13(19)18-9-7-15(20,12-18)11-16(2)3/h20H,5-12H2,1-4H3. The molecular formula is C15H29N3O2. The predicted molar refractivity (Wildman–Crippen MR) is 79.5 cm³/mol. The molecule has 2 rings (SSSR count). The van der Waals surface area contributed by atoms with Gasteiger partial charge in [0, 0.05) is 19.6 Å². The van der Waals surface area contributed by atoms with Crippen LogP contribution in [0.2, 0.25) is 0 Å². The number of rotatable bonds is 3. The Kier molecular flexibility index (Phi) is 4.42. The van der Waals surface area contributed by atoms with Gasteiger partial charge < -0.3 is 19.8 Å². The van der Waals surface area contributed by atoms with Crippen molar-refractivity contribution in [2.75, 3.05) is 53.9 Å². The number of carbonyl (C=O) groups excluding carboxylic acids is 1. The lowest BCUT2D eigenvalue weighted by Crippen LogP contribution is -2.51. The molecule has 20 heavy (non-hydrogen) atoms. The van der Waals surface area contributed by atoms with Crippen LogP contribution in [0.4, 0.5) is 0 Å². The van der Waals surface area contributed by atoms with Crippen molar-refractivity contribution >= 4 is 5.91 Å². The van der Waals surface area contributed by atoms with Crippen molar-refractivity contribution in [3.63, 3.8) is 0 Å². The Balaban J connectivity index is 2.00. The fraction of sp³-hybridized carbons (Fsp3) is 0.933. The molecule has 116 valence electrons. The summed E-state index contributed by atoms with van der Waals surface area (Å²) in [7, 11) is 6.00. The average Bonchev–Trinajstić information content (AvgIpc) is 2.69. The van der Waals surface area contributed by atoms with Crippen LogP contribution in [0.3, 0.4) is 0 Å². The Morgan fingerprint density at radius 2 is 1.95 bits per heavy atom. The first kappa shape index (κ1) is 15.7. The molecule has 0 radical (unpaired) electrons. The van der Waals surface area contributed by atoms with Crippen LogP contribution in [0.25, 0.3) is 0 Å². The fourth-order valence-electron chi connectivity index (χ4n) is 3.80. The highest BCUT2D eigenvalue weighted by Gasteiger charge is 2.45. The van der Waals surface area contributed by atoms with Crippen molar-refractivity contribution in [1.29, 1.82) is 0 Å². The molecule has 0 saturated carbocycles. The Hall–Kier alpha value is -0.650. The Morgan fingerprint density at radius 3 is 2.55 bits per heavy atom. The number of likely N-dealkylation sites (N-methyl/N-ethyl adjacent to an activating group) is 1. The van der Waals surface area contributed by atoms with Crippen LogP contribution in [0.1, 0.15) is 26.2 Å². The lowest BCUT2D eigenvalue weighted by atomic mass is 9.80.